The zero-order chi connectivity index (χ0) is 20.2. The van der Waals surface area contributed by atoms with Crippen LogP contribution in [0.1, 0.15) is 12.0 Å². The molecule has 2 aromatic heterocycles. The van der Waals surface area contributed by atoms with Crippen molar-refractivity contribution in [2.24, 2.45) is 0 Å². The van der Waals surface area contributed by atoms with E-state index in [1.807, 2.05) is 48.0 Å². The largest absolute Gasteiger partial charge is 0.497 e. The lowest BCUT2D eigenvalue weighted by atomic mass is 10.1. The van der Waals surface area contributed by atoms with Gasteiger partial charge in [0.1, 0.15) is 11.5 Å². The van der Waals surface area contributed by atoms with Crippen LogP contribution in [0.5, 0.6) is 11.5 Å². The first-order chi connectivity index (χ1) is 14.2. The third-order valence-electron chi connectivity index (χ3n) is 4.72. The number of aromatic nitrogens is 2. The van der Waals surface area contributed by atoms with Crippen LogP contribution in [-0.4, -0.2) is 30.1 Å². The number of para-hydroxylation sites is 1. The van der Waals surface area contributed by atoms with E-state index in [1.165, 1.54) is 11.3 Å². The lowest BCUT2D eigenvalue weighted by Crippen LogP contribution is -2.12. The highest BCUT2D eigenvalue weighted by molar-refractivity contribution is 7.14. The maximum absolute atomic E-state index is 12.4. The first-order valence-corrected chi connectivity index (χ1v) is 10.1. The van der Waals surface area contributed by atoms with Gasteiger partial charge in [-0.25, -0.2) is 4.98 Å². The van der Waals surface area contributed by atoms with Gasteiger partial charge < -0.3 is 19.8 Å². The molecular formula is C22H21N3O3S. The number of rotatable bonds is 7. The van der Waals surface area contributed by atoms with E-state index in [9.17, 15) is 4.79 Å². The second-order valence-corrected chi connectivity index (χ2v) is 7.37. The Morgan fingerprint density at radius 1 is 1.17 bits per heavy atom. The minimum Gasteiger partial charge on any atom is -0.497 e. The van der Waals surface area contributed by atoms with Gasteiger partial charge in [0.25, 0.3) is 0 Å². The summed E-state index contributed by atoms with van der Waals surface area (Å²) >= 11 is 1.42. The SMILES string of the molecule is COc1ccc(OC)c(CCC(=O)Nc2nc(-c3c[nH]c4ccccc34)cs2)c1. The molecule has 7 heteroatoms. The van der Waals surface area contributed by atoms with Gasteiger partial charge in [0.2, 0.25) is 5.91 Å². The number of thiazole rings is 1. The van der Waals surface area contributed by atoms with Crippen molar-refractivity contribution < 1.29 is 14.3 Å². The molecule has 2 heterocycles. The topological polar surface area (TPSA) is 76.2 Å². The number of nitrogens with one attached hydrogen (secondary N) is 2. The molecule has 0 unspecified atom stereocenters. The van der Waals surface area contributed by atoms with Crippen LogP contribution in [0.2, 0.25) is 0 Å². The number of hydrogen-bond acceptors (Lipinski definition) is 5. The smallest absolute Gasteiger partial charge is 0.226 e. The second-order valence-electron chi connectivity index (χ2n) is 6.51. The Morgan fingerprint density at radius 3 is 2.86 bits per heavy atom. The van der Waals surface area contributed by atoms with Crippen LogP contribution in [0, 0.1) is 0 Å². The molecule has 4 aromatic rings. The van der Waals surface area contributed by atoms with Crippen molar-refractivity contribution in [1.29, 1.82) is 0 Å². The number of anilines is 1. The maximum atomic E-state index is 12.4. The molecule has 0 aliphatic heterocycles. The van der Waals surface area contributed by atoms with Crippen molar-refractivity contribution in [1.82, 2.24) is 9.97 Å². The van der Waals surface area contributed by atoms with Crippen LogP contribution in [0.15, 0.2) is 54.0 Å². The number of methoxy groups -OCH3 is 2. The fraction of sp³-hybridized carbons (Fsp3) is 0.182. The molecular weight excluding hydrogens is 386 g/mol. The second kappa shape index (κ2) is 8.36. The Labute approximate surface area is 172 Å². The van der Waals surface area contributed by atoms with E-state index in [-0.39, 0.29) is 5.91 Å². The third-order valence-corrected chi connectivity index (χ3v) is 5.48. The van der Waals surface area contributed by atoms with Gasteiger partial charge in [-0.3, -0.25) is 4.79 Å². The Balaban J connectivity index is 1.42. The number of ether oxygens (including phenoxy) is 2. The summed E-state index contributed by atoms with van der Waals surface area (Å²) in [5, 5.41) is 6.55. The van der Waals surface area contributed by atoms with E-state index in [0.29, 0.717) is 18.0 Å². The lowest BCUT2D eigenvalue weighted by molar-refractivity contribution is -0.116. The predicted molar refractivity (Wildman–Crippen MR) is 116 cm³/mol. The van der Waals surface area contributed by atoms with Crippen LogP contribution < -0.4 is 14.8 Å². The van der Waals surface area contributed by atoms with Crippen molar-refractivity contribution >= 4 is 33.3 Å². The van der Waals surface area contributed by atoms with E-state index >= 15 is 0 Å². The minimum atomic E-state index is -0.0882. The van der Waals surface area contributed by atoms with Crippen LogP contribution in [-0.2, 0) is 11.2 Å². The first kappa shape index (κ1) is 19.0. The number of carbonyl (C=O) groups is 1. The molecule has 6 nitrogen and oxygen atoms in total. The van der Waals surface area contributed by atoms with Gasteiger partial charge in [0, 0.05) is 34.5 Å². The highest BCUT2D eigenvalue weighted by Gasteiger charge is 2.13. The van der Waals surface area contributed by atoms with Gasteiger partial charge in [-0.05, 0) is 36.2 Å². The van der Waals surface area contributed by atoms with Gasteiger partial charge in [0.15, 0.2) is 5.13 Å². The van der Waals surface area contributed by atoms with E-state index in [4.69, 9.17) is 9.47 Å². The van der Waals surface area contributed by atoms with Gasteiger partial charge in [0.05, 0.1) is 19.9 Å². The Bertz CT molecular complexity index is 1150. The summed E-state index contributed by atoms with van der Waals surface area (Å²) in [5.41, 5.74) is 3.87. The average molecular weight is 407 g/mol. The van der Waals surface area contributed by atoms with Crippen molar-refractivity contribution in [3.05, 3.63) is 59.6 Å². The molecule has 1 amide bonds. The number of nitrogens with zero attached hydrogens (tertiary/aromatic N) is 1. The number of aryl methyl sites for hydroxylation is 1. The Morgan fingerprint density at radius 2 is 2.03 bits per heavy atom. The fourth-order valence-electron chi connectivity index (χ4n) is 3.25. The maximum Gasteiger partial charge on any atom is 0.226 e. The molecule has 0 atom stereocenters. The van der Waals surface area contributed by atoms with Crippen molar-refractivity contribution in [3.63, 3.8) is 0 Å². The normalized spacial score (nSPS) is 10.8. The first-order valence-electron chi connectivity index (χ1n) is 9.20. The number of hydrogen-bond donors (Lipinski definition) is 2. The predicted octanol–water partition coefficient (Wildman–Crippen LogP) is 4.88. The summed E-state index contributed by atoms with van der Waals surface area (Å²) in [6.07, 6.45) is 2.82. The Kier molecular flexibility index (Phi) is 5.48. The highest BCUT2D eigenvalue weighted by Crippen LogP contribution is 2.31. The number of amides is 1. The van der Waals surface area contributed by atoms with Gasteiger partial charge >= 0.3 is 0 Å². The lowest BCUT2D eigenvalue weighted by Gasteiger charge is -2.10. The van der Waals surface area contributed by atoms with E-state index in [1.54, 1.807) is 14.2 Å². The summed E-state index contributed by atoms with van der Waals surface area (Å²) in [7, 11) is 3.24. The zero-order valence-electron chi connectivity index (χ0n) is 16.2. The third kappa shape index (κ3) is 4.09. The number of benzene rings is 2. The van der Waals surface area contributed by atoms with Gasteiger partial charge in [-0.2, -0.15) is 0 Å². The van der Waals surface area contributed by atoms with E-state index in [2.05, 4.69) is 21.4 Å². The standard InChI is InChI=1S/C22H21N3O3S/c1-27-15-8-9-20(28-2)14(11-15)7-10-21(26)25-22-24-19(13-29-22)17-12-23-18-6-4-3-5-16(17)18/h3-6,8-9,11-13,23H,7,10H2,1-2H3,(H,24,25,26). The molecule has 29 heavy (non-hydrogen) atoms. The molecule has 0 fully saturated rings. The molecule has 2 aromatic carbocycles. The average Bonchev–Trinajstić information content (AvgIpc) is 3.38. The summed E-state index contributed by atoms with van der Waals surface area (Å²) < 4.78 is 10.6. The summed E-state index contributed by atoms with van der Waals surface area (Å²) in [6.45, 7) is 0. The molecule has 0 saturated carbocycles. The molecule has 0 spiro atoms. The summed E-state index contributed by atoms with van der Waals surface area (Å²) in [5.74, 6) is 1.40. The van der Waals surface area contributed by atoms with E-state index in [0.717, 1.165) is 39.2 Å². The van der Waals surface area contributed by atoms with Crippen LogP contribution in [0.4, 0.5) is 5.13 Å². The quantitative estimate of drug-likeness (QED) is 0.458. The van der Waals surface area contributed by atoms with E-state index < -0.39 is 0 Å². The van der Waals surface area contributed by atoms with Gasteiger partial charge in [-0.1, -0.05) is 18.2 Å². The molecule has 4 rings (SSSR count). The van der Waals surface area contributed by atoms with Crippen LogP contribution in [0.25, 0.3) is 22.2 Å². The van der Waals surface area contributed by atoms with Crippen molar-refractivity contribution in [2.75, 3.05) is 19.5 Å². The monoisotopic (exact) mass is 407 g/mol. The number of carbonyl (C=O) groups excluding carboxylic acids is 1. The van der Waals surface area contributed by atoms with Crippen LogP contribution in [0.3, 0.4) is 0 Å². The summed E-state index contributed by atoms with van der Waals surface area (Å²) in [6, 6.07) is 13.7. The van der Waals surface area contributed by atoms with Crippen LogP contribution >= 0.6 is 11.3 Å². The van der Waals surface area contributed by atoms with Crippen molar-refractivity contribution in [2.45, 2.75) is 12.8 Å². The highest BCUT2D eigenvalue weighted by atomic mass is 32.1. The number of H-pyrrole nitrogens is 1. The fourth-order valence-corrected chi connectivity index (χ4v) is 3.97. The van der Waals surface area contributed by atoms with Gasteiger partial charge in [-0.15, -0.1) is 11.3 Å². The Hall–Kier alpha value is -3.32. The summed E-state index contributed by atoms with van der Waals surface area (Å²) in [4.78, 5) is 20.3. The molecule has 0 radical (unpaired) electrons. The van der Waals surface area contributed by atoms with Crippen molar-refractivity contribution in [3.8, 4) is 22.8 Å². The molecule has 0 saturated heterocycles. The molecule has 148 valence electrons. The number of aromatic amines is 1. The molecule has 0 aliphatic carbocycles. The molecule has 0 bridgehead atoms. The minimum absolute atomic E-state index is 0.0882. The molecule has 2 N–H and O–H groups in total. The molecule has 0 aliphatic rings. The zero-order valence-corrected chi connectivity index (χ0v) is 17.0. The number of fused-ring (bicyclic) bond motifs is 1.